The van der Waals surface area contributed by atoms with Crippen molar-refractivity contribution >= 4 is 29.2 Å². The molecule has 6 nitrogen and oxygen atoms in total. The first-order chi connectivity index (χ1) is 12.9. The lowest BCUT2D eigenvalue weighted by molar-refractivity contribution is -0.132. The number of esters is 1. The Morgan fingerprint density at radius 3 is 2.70 bits per heavy atom. The highest BCUT2D eigenvalue weighted by molar-refractivity contribution is 6.30. The lowest BCUT2D eigenvalue weighted by Crippen LogP contribution is -2.36. The Bertz CT molecular complexity index is 915. The number of carbonyl (C=O) groups is 2. The van der Waals surface area contributed by atoms with E-state index in [4.69, 9.17) is 21.1 Å². The maximum Gasteiger partial charge on any atom is 0.309 e. The van der Waals surface area contributed by atoms with E-state index in [2.05, 4.69) is 11.6 Å². The molecule has 27 heavy (non-hydrogen) atoms. The third-order valence-electron chi connectivity index (χ3n) is 3.85. The fraction of sp³-hybridized carbons (Fsp3) is 0.211. The maximum absolute atomic E-state index is 13.2. The molecule has 2 aromatic rings. The third kappa shape index (κ3) is 4.09. The molecule has 0 saturated heterocycles. The predicted molar refractivity (Wildman–Crippen MR) is 97.6 cm³/mol. The number of hydrogen-bond acceptors (Lipinski definition) is 5. The van der Waals surface area contributed by atoms with Crippen LogP contribution in [-0.2, 0) is 16.0 Å². The number of nitrogens with zero attached hydrogens (tertiary/aromatic N) is 2. The summed E-state index contributed by atoms with van der Waals surface area (Å²) in [7, 11) is 0. The number of rotatable bonds is 4. The molecule has 1 aromatic heterocycles. The second-order valence-corrected chi connectivity index (χ2v) is 6.16. The van der Waals surface area contributed by atoms with Crippen molar-refractivity contribution in [3.05, 3.63) is 59.6 Å². The highest BCUT2D eigenvalue weighted by atomic mass is 35.5. The number of alkyl halides is 1. The summed E-state index contributed by atoms with van der Waals surface area (Å²) < 4.78 is 23.9. The van der Waals surface area contributed by atoms with Gasteiger partial charge in [-0.1, -0.05) is 18.7 Å². The molecule has 0 radical (unpaired) electrons. The average Bonchev–Trinajstić information content (AvgIpc) is 2.63. The van der Waals surface area contributed by atoms with Crippen LogP contribution < -0.4 is 14.4 Å². The van der Waals surface area contributed by atoms with Crippen molar-refractivity contribution in [2.45, 2.75) is 13.3 Å². The van der Waals surface area contributed by atoms with Crippen molar-refractivity contribution in [2.24, 2.45) is 0 Å². The Hall–Kier alpha value is -2.93. The molecule has 0 spiro atoms. The molecule has 1 aliphatic heterocycles. The Morgan fingerprint density at radius 1 is 1.37 bits per heavy atom. The van der Waals surface area contributed by atoms with E-state index in [1.807, 2.05) is 0 Å². The molecule has 0 unspecified atom stereocenters. The second-order valence-electron chi connectivity index (χ2n) is 5.89. The van der Waals surface area contributed by atoms with Gasteiger partial charge in [0.1, 0.15) is 24.0 Å². The predicted octanol–water partition coefficient (Wildman–Crippen LogP) is 3.21. The third-order valence-corrected chi connectivity index (χ3v) is 4.08. The van der Waals surface area contributed by atoms with Gasteiger partial charge in [-0.25, -0.2) is 4.39 Å². The molecule has 0 bridgehead atoms. The summed E-state index contributed by atoms with van der Waals surface area (Å²) >= 11 is 5.70. The summed E-state index contributed by atoms with van der Waals surface area (Å²) in [5.74, 6) is -1.31. The summed E-state index contributed by atoms with van der Waals surface area (Å²) in [4.78, 5) is 29.3. The fourth-order valence-corrected chi connectivity index (χ4v) is 2.83. The quantitative estimate of drug-likeness (QED) is 0.592. The molecular weight excluding hydrogens is 375 g/mol. The SMILES string of the molecule is C=C1COc2nc(OC(C)=O)c(Cc3ccc(F)cc3)cc2N1C(=O)CCl. The van der Waals surface area contributed by atoms with Gasteiger partial charge in [-0.2, -0.15) is 4.98 Å². The highest BCUT2D eigenvalue weighted by Gasteiger charge is 2.29. The van der Waals surface area contributed by atoms with Gasteiger partial charge in [-0.05, 0) is 23.8 Å². The minimum absolute atomic E-state index is 0.0550. The van der Waals surface area contributed by atoms with E-state index in [0.717, 1.165) is 5.56 Å². The molecule has 0 N–H and O–H groups in total. The number of anilines is 1. The van der Waals surface area contributed by atoms with Crippen LogP contribution in [0, 0.1) is 5.82 Å². The number of halogens is 2. The highest BCUT2D eigenvalue weighted by Crippen LogP contribution is 2.38. The number of carbonyl (C=O) groups excluding carboxylic acids is 2. The number of amides is 1. The lowest BCUT2D eigenvalue weighted by Gasteiger charge is -2.30. The number of ether oxygens (including phenoxy) is 2. The van der Waals surface area contributed by atoms with E-state index in [9.17, 15) is 14.0 Å². The summed E-state index contributed by atoms with van der Waals surface area (Å²) in [6.07, 6.45) is 0.304. The lowest BCUT2D eigenvalue weighted by atomic mass is 10.0. The number of hydrogen-bond donors (Lipinski definition) is 0. The first-order valence-electron chi connectivity index (χ1n) is 8.05. The summed E-state index contributed by atoms with van der Waals surface area (Å²) in [5.41, 5.74) is 2.09. The molecular formula is C19H16ClFN2O4. The summed E-state index contributed by atoms with van der Waals surface area (Å²) in [6.45, 7) is 5.14. The smallest absolute Gasteiger partial charge is 0.309 e. The van der Waals surface area contributed by atoms with E-state index in [0.29, 0.717) is 23.4 Å². The molecule has 140 valence electrons. The topological polar surface area (TPSA) is 68.7 Å². The number of pyridine rings is 1. The monoisotopic (exact) mass is 390 g/mol. The van der Waals surface area contributed by atoms with Crippen LogP contribution in [0.4, 0.5) is 10.1 Å². The van der Waals surface area contributed by atoms with Crippen LogP contribution >= 0.6 is 11.6 Å². The first kappa shape index (κ1) is 18.8. The van der Waals surface area contributed by atoms with E-state index < -0.39 is 5.97 Å². The van der Waals surface area contributed by atoms with Gasteiger partial charge in [0, 0.05) is 18.9 Å². The molecule has 8 heteroatoms. The van der Waals surface area contributed by atoms with Crippen molar-refractivity contribution in [3.8, 4) is 11.8 Å². The molecule has 0 aliphatic carbocycles. The molecule has 2 heterocycles. The molecule has 0 fully saturated rings. The van der Waals surface area contributed by atoms with Crippen LogP contribution in [0.25, 0.3) is 0 Å². The minimum atomic E-state index is -0.545. The maximum atomic E-state index is 13.2. The molecule has 0 atom stereocenters. The van der Waals surface area contributed by atoms with Crippen molar-refractivity contribution < 1.29 is 23.5 Å². The summed E-state index contributed by atoms with van der Waals surface area (Å²) in [6, 6.07) is 7.54. The Kier molecular flexibility index (Phi) is 5.41. The van der Waals surface area contributed by atoms with Gasteiger partial charge >= 0.3 is 5.97 Å². The van der Waals surface area contributed by atoms with E-state index in [-0.39, 0.29) is 36.0 Å². The van der Waals surface area contributed by atoms with Crippen LogP contribution in [-0.4, -0.2) is 29.3 Å². The van der Waals surface area contributed by atoms with Gasteiger partial charge in [0.2, 0.25) is 17.7 Å². The molecule has 1 amide bonds. The van der Waals surface area contributed by atoms with E-state index in [1.54, 1.807) is 18.2 Å². The van der Waals surface area contributed by atoms with Crippen LogP contribution in [0.15, 0.2) is 42.6 Å². The van der Waals surface area contributed by atoms with Gasteiger partial charge in [-0.3, -0.25) is 14.5 Å². The van der Waals surface area contributed by atoms with Gasteiger partial charge in [0.15, 0.2) is 0 Å². The normalized spacial score (nSPS) is 13.0. The van der Waals surface area contributed by atoms with Crippen molar-refractivity contribution in [1.82, 2.24) is 4.98 Å². The van der Waals surface area contributed by atoms with Gasteiger partial charge in [0.05, 0.1) is 5.70 Å². The van der Waals surface area contributed by atoms with Gasteiger partial charge < -0.3 is 9.47 Å². The van der Waals surface area contributed by atoms with Gasteiger partial charge in [0.25, 0.3) is 0 Å². The Morgan fingerprint density at radius 2 is 2.07 bits per heavy atom. The zero-order valence-corrected chi connectivity index (χ0v) is 15.3. The summed E-state index contributed by atoms with van der Waals surface area (Å²) in [5, 5.41) is 0. The average molecular weight is 391 g/mol. The standard InChI is InChI=1S/C19H16ClFN2O4/c1-11-10-26-19-16(23(11)17(25)9-20)8-14(18(22-19)27-12(2)24)7-13-3-5-15(21)6-4-13/h3-6,8H,1,7,9-10H2,2H3. The fourth-order valence-electron chi connectivity index (χ4n) is 2.71. The second kappa shape index (κ2) is 7.75. The first-order valence-corrected chi connectivity index (χ1v) is 8.58. The van der Waals surface area contributed by atoms with Crippen LogP contribution in [0.1, 0.15) is 18.1 Å². The molecule has 3 rings (SSSR count). The van der Waals surface area contributed by atoms with Crippen molar-refractivity contribution in [1.29, 1.82) is 0 Å². The van der Waals surface area contributed by atoms with Crippen LogP contribution in [0.5, 0.6) is 11.8 Å². The Labute approximate surface area is 160 Å². The van der Waals surface area contributed by atoms with Crippen molar-refractivity contribution in [3.63, 3.8) is 0 Å². The molecule has 1 aromatic carbocycles. The number of benzene rings is 1. The van der Waals surface area contributed by atoms with Crippen LogP contribution in [0.2, 0.25) is 0 Å². The van der Waals surface area contributed by atoms with Crippen LogP contribution in [0.3, 0.4) is 0 Å². The zero-order valence-electron chi connectivity index (χ0n) is 14.5. The van der Waals surface area contributed by atoms with Gasteiger partial charge in [-0.15, -0.1) is 11.6 Å². The van der Waals surface area contributed by atoms with Crippen molar-refractivity contribution in [2.75, 3.05) is 17.4 Å². The zero-order chi connectivity index (χ0) is 19.6. The minimum Gasteiger partial charge on any atom is -0.470 e. The Balaban J connectivity index is 2.08. The molecule has 0 saturated carbocycles. The molecule has 1 aliphatic rings. The number of fused-ring (bicyclic) bond motifs is 1. The number of aromatic nitrogens is 1. The largest absolute Gasteiger partial charge is 0.470 e. The van der Waals surface area contributed by atoms with E-state index in [1.165, 1.54) is 24.0 Å². The van der Waals surface area contributed by atoms with E-state index >= 15 is 0 Å².